The molecule has 1 aromatic heterocycles. The lowest BCUT2D eigenvalue weighted by Gasteiger charge is -2.08. The quantitative estimate of drug-likeness (QED) is 0.851. The van der Waals surface area contributed by atoms with E-state index >= 15 is 0 Å². The van der Waals surface area contributed by atoms with Crippen LogP contribution in [-0.4, -0.2) is 11.3 Å². The molecule has 1 aromatic rings. The Balaban J connectivity index is 3.38. The predicted molar refractivity (Wildman–Crippen MR) is 50.2 cm³/mol. The molecule has 1 rings (SSSR count). The number of pyridine rings is 1. The number of alkyl halides is 2. The lowest BCUT2D eigenvalue weighted by Crippen LogP contribution is -2.05. The third kappa shape index (κ3) is 1.96. The van der Waals surface area contributed by atoms with Crippen LogP contribution < -0.4 is 5.73 Å². The van der Waals surface area contributed by atoms with Crippen molar-refractivity contribution in [1.29, 1.82) is 0 Å². The van der Waals surface area contributed by atoms with Crippen molar-refractivity contribution in [3.63, 3.8) is 0 Å². The van der Waals surface area contributed by atoms with Crippen LogP contribution in [0.25, 0.3) is 0 Å². The fourth-order valence-electron chi connectivity index (χ4n) is 1.00. The van der Waals surface area contributed by atoms with Gasteiger partial charge in [0.1, 0.15) is 5.69 Å². The van der Waals surface area contributed by atoms with E-state index in [1.165, 1.54) is 6.20 Å². The molecule has 14 heavy (non-hydrogen) atoms. The SMILES string of the molecule is NCc1cnc(C=O)c(C(F)F)c1Br. The molecule has 6 heteroatoms. The molecule has 76 valence electrons. The van der Waals surface area contributed by atoms with Gasteiger partial charge in [-0.3, -0.25) is 9.78 Å². The highest BCUT2D eigenvalue weighted by Gasteiger charge is 2.19. The number of carbonyl (C=O) groups is 1. The topological polar surface area (TPSA) is 56.0 Å². The van der Waals surface area contributed by atoms with E-state index in [1.807, 2.05) is 0 Å². The number of hydrogen-bond acceptors (Lipinski definition) is 3. The van der Waals surface area contributed by atoms with Crippen molar-refractivity contribution in [3.05, 3.63) is 27.5 Å². The van der Waals surface area contributed by atoms with Gasteiger partial charge in [-0.25, -0.2) is 8.78 Å². The summed E-state index contributed by atoms with van der Waals surface area (Å²) >= 11 is 2.97. The van der Waals surface area contributed by atoms with Gasteiger partial charge in [0.2, 0.25) is 0 Å². The van der Waals surface area contributed by atoms with Crippen molar-refractivity contribution < 1.29 is 13.6 Å². The molecule has 2 N–H and O–H groups in total. The van der Waals surface area contributed by atoms with Crippen molar-refractivity contribution in [1.82, 2.24) is 4.98 Å². The molecule has 3 nitrogen and oxygen atoms in total. The number of rotatable bonds is 3. The summed E-state index contributed by atoms with van der Waals surface area (Å²) in [6.45, 7) is 0.0897. The fraction of sp³-hybridized carbons (Fsp3) is 0.250. The highest BCUT2D eigenvalue weighted by molar-refractivity contribution is 9.10. The molecule has 0 atom stereocenters. The van der Waals surface area contributed by atoms with Gasteiger partial charge in [0.15, 0.2) is 6.29 Å². The normalized spacial score (nSPS) is 10.6. The van der Waals surface area contributed by atoms with Crippen LogP contribution in [0.15, 0.2) is 10.7 Å². The maximum atomic E-state index is 12.5. The van der Waals surface area contributed by atoms with E-state index in [9.17, 15) is 13.6 Å². The Bertz CT molecular complexity index is 357. The monoisotopic (exact) mass is 264 g/mol. The third-order valence-corrected chi connectivity index (χ3v) is 2.64. The standard InChI is InChI=1S/C8H7BrF2N2O/c9-7-4(1-12)2-13-5(3-14)6(7)8(10)11/h2-3,8H,1,12H2. The van der Waals surface area contributed by atoms with E-state index in [-0.39, 0.29) is 16.7 Å². The molecule has 0 spiro atoms. The maximum absolute atomic E-state index is 12.5. The third-order valence-electron chi connectivity index (χ3n) is 1.70. The minimum absolute atomic E-state index is 0.0897. The van der Waals surface area contributed by atoms with Gasteiger partial charge in [-0.2, -0.15) is 0 Å². The second-order valence-electron chi connectivity index (χ2n) is 2.52. The van der Waals surface area contributed by atoms with Crippen LogP contribution in [0.2, 0.25) is 0 Å². The van der Waals surface area contributed by atoms with Crippen molar-refractivity contribution in [2.75, 3.05) is 0 Å². The molecular weight excluding hydrogens is 258 g/mol. The first-order chi connectivity index (χ1) is 6.61. The van der Waals surface area contributed by atoms with E-state index in [1.54, 1.807) is 0 Å². The molecule has 0 aliphatic heterocycles. The van der Waals surface area contributed by atoms with Gasteiger partial charge in [0.05, 0.1) is 5.56 Å². The van der Waals surface area contributed by atoms with Gasteiger partial charge >= 0.3 is 0 Å². The van der Waals surface area contributed by atoms with Gasteiger partial charge < -0.3 is 5.73 Å². The van der Waals surface area contributed by atoms with Crippen molar-refractivity contribution in [2.45, 2.75) is 13.0 Å². The average Bonchev–Trinajstić information content (AvgIpc) is 2.16. The summed E-state index contributed by atoms with van der Waals surface area (Å²) in [6.07, 6.45) is -1.14. The summed E-state index contributed by atoms with van der Waals surface area (Å²) < 4.78 is 25.2. The highest BCUT2D eigenvalue weighted by Crippen LogP contribution is 2.31. The largest absolute Gasteiger partial charge is 0.326 e. The van der Waals surface area contributed by atoms with Crippen LogP contribution in [0.3, 0.4) is 0 Å². The Morgan fingerprint density at radius 3 is 2.71 bits per heavy atom. The fourth-order valence-corrected chi connectivity index (χ4v) is 1.64. The Kier molecular flexibility index (Phi) is 3.65. The molecule has 0 bridgehead atoms. The minimum Gasteiger partial charge on any atom is -0.326 e. The summed E-state index contributed by atoms with van der Waals surface area (Å²) in [6, 6.07) is 0. The van der Waals surface area contributed by atoms with Crippen LogP contribution in [0.5, 0.6) is 0 Å². The number of aromatic nitrogens is 1. The number of aldehydes is 1. The smallest absolute Gasteiger partial charge is 0.267 e. The lowest BCUT2D eigenvalue weighted by molar-refractivity contribution is 0.110. The van der Waals surface area contributed by atoms with Crippen LogP contribution in [-0.2, 0) is 6.54 Å². The molecule has 0 aliphatic carbocycles. The number of nitrogens with two attached hydrogens (primary N) is 1. The van der Waals surface area contributed by atoms with Gasteiger partial charge in [0, 0.05) is 17.2 Å². The molecule has 0 aromatic carbocycles. The zero-order chi connectivity index (χ0) is 10.7. The number of hydrogen-bond donors (Lipinski definition) is 1. The molecule has 0 amide bonds. The molecular formula is C8H7BrF2N2O. The molecule has 0 saturated carbocycles. The molecule has 0 unspecified atom stereocenters. The molecule has 0 aliphatic rings. The second-order valence-corrected chi connectivity index (χ2v) is 3.31. The Hall–Kier alpha value is -0.880. The van der Waals surface area contributed by atoms with E-state index in [0.717, 1.165) is 0 Å². The van der Waals surface area contributed by atoms with Crippen molar-refractivity contribution in [2.24, 2.45) is 5.73 Å². The van der Waals surface area contributed by atoms with E-state index in [2.05, 4.69) is 20.9 Å². The Morgan fingerprint density at radius 2 is 2.29 bits per heavy atom. The number of halogens is 3. The second kappa shape index (κ2) is 4.56. The maximum Gasteiger partial charge on any atom is 0.267 e. The van der Waals surface area contributed by atoms with E-state index in [4.69, 9.17) is 5.73 Å². The predicted octanol–water partition coefficient (Wildman–Crippen LogP) is 2.05. The summed E-state index contributed by atoms with van der Waals surface area (Å²) in [4.78, 5) is 14.0. The van der Waals surface area contributed by atoms with Crippen LogP contribution >= 0.6 is 15.9 Å². The minimum atomic E-state index is -2.75. The van der Waals surface area contributed by atoms with Crippen LogP contribution in [0, 0.1) is 0 Å². The zero-order valence-electron chi connectivity index (χ0n) is 7.01. The summed E-state index contributed by atoms with van der Waals surface area (Å²) in [5.74, 6) is 0. The van der Waals surface area contributed by atoms with Gasteiger partial charge in [-0.15, -0.1) is 0 Å². The van der Waals surface area contributed by atoms with E-state index < -0.39 is 12.0 Å². The number of carbonyl (C=O) groups excluding carboxylic acids is 1. The van der Waals surface area contributed by atoms with Crippen molar-refractivity contribution >= 4 is 22.2 Å². The highest BCUT2D eigenvalue weighted by atomic mass is 79.9. The van der Waals surface area contributed by atoms with E-state index in [0.29, 0.717) is 11.8 Å². The zero-order valence-corrected chi connectivity index (χ0v) is 8.59. The summed E-state index contributed by atoms with van der Waals surface area (Å²) in [7, 11) is 0. The van der Waals surface area contributed by atoms with Gasteiger partial charge in [0.25, 0.3) is 6.43 Å². The molecule has 0 saturated heterocycles. The Morgan fingerprint density at radius 1 is 1.64 bits per heavy atom. The van der Waals surface area contributed by atoms with Crippen molar-refractivity contribution in [3.8, 4) is 0 Å². The first-order valence-electron chi connectivity index (χ1n) is 3.72. The van der Waals surface area contributed by atoms with Crippen LogP contribution in [0.1, 0.15) is 28.0 Å². The first-order valence-corrected chi connectivity index (χ1v) is 4.51. The summed E-state index contributed by atoms with van der Waals surface area (Å²) in [5, 5.41) is 0. The molecule has 0 radical (unpaired) electrons. The average molecular weight is 265 g/mol. The number of nitrogens with zero attached hydrogens (tertiary/aromatic N) is 1. The van der Waals surface area contributed by atoms with Gasteiger partial charge in [-0.05, 0) is 21.5 Å². The van der Waals surface area contributed by atoms with Crippen LogP contribution in [0.4, 0.5) is 8.78 Å². The van der Waals surface area contributed by atoms with Gasteiger partial charge in [-0.1, -0.05) is 0 Å². The first kappa shape index (κ1) is 11.2. The summed E-state index contributed by atoms with van der Waals surface area (Å²) in [5.41, 5.74) is 5.10. The molecule has 1 heterocycles. The Labute approximate surface area is 87.4 Å². The molecule has 0 fully saturated rings. The lowest BCUT2D eigenvalue weighted by atomic mass is 10.1.